The third-order valence-electron chi connectivity index (χ3n) is 2.41. The van der Waals surface area contributed by atoms with Crippen molar-refractivity contribution in [2.75, 3.05) is 53.0 Å². The molecule has 4 heteroatoms. The zero-order chi connectivity index (χ0) is 10.2. The molecule has 0 aromatic heterocycles. The summed E-state index contributed by atoms with van der Waals surface area (Å²) in [5.41, 5.74) is 0. The molecular weight excluding hydrogens is 180 g/mol. The number of hydrogen-bond donors (Lipinski definition) is 1. The molecule has 1 rings (SSSR count). The molecule has 1 saturated heterocycles. The highest BCUT2D eigenvalue weighted by Crippen LogP contribution is 2.03. The molecule has 0 radical (unpaired) electrons. The monoisotopic (exact) mass is 202 g/mol. The number of ether oxygens (including phenoxy) is 2. The highest BCUT2D eigenvalue weighted by molar-refractivity contribution is 4.72. The average molecular weight is 202 g/mol. The van der Waals surface area contributed by atoms with Gasteiger partial charge in [-0.2, -0.15) is 0 Å². The standard InChI is InChI=1S/C10H22N2O2/c1-3-13-6-4-12-5-7-14-10(9-12)8-11-2/h10-11H,3-9H2,1-2H3. The molecule has 1 N–H and O–H groups in total. The Kier molecular flexibility index (Phi) is 6.10. The molecule has 0 bridgehead atoms. The van der Waals surface area contributed by atoms with Crippen molar-refractivity contribution in [2.45, 2.75) is 13.0 Å². The van der Waals surface area contributed by atoms with E-state index in [0.717, 1.165) is 46.0 Å². The molecule has 84 valence electrons. The summed E-state index contributed by atoms with van der Waals surface area (Å²) in [6, 6.07) is 0. The molecule has 0 aromatic rings. The van der Waals surface area contributed by atoms with E-state index < -0.39 is 0 Å². The largest absolute Gasteiger partial charge is 0.380 e. The molecule has 1 unspecified atom stereocenters. The van der Waals surface area contributed by atoms with E-state index in [1.54, 1.807) is 0 Å². The Labute approximate surface area is 86.6 Å². The van der Waals surface area contributed by atoms with Gasteiger partial charge in [0.15, 0.2) is 0 Å². The molecule has 0 spiro atoms. The summed E-state index contributed by atoms with van der Waals surface area (Å²) < 4.78 is 10.9. The fourth-order valence-corrected chi connectivity index (χ4v) is 1.67. The lowest BCUT2D eigenvalue weighted by Gasteiger charge is -2.32. The summed E-state index contributed by atoms with van der Waals surface area (Å²) in [5.74, 6) is 0. The van der Waals surface area contributed by atoms with Crippen LogP contribution in [-0.2, 0) is 9.47 Å². The molecule has 1 aliphatic heterocycles. The first-order valence-electron chi connectivity index (χ1n) is 5.43. The van der Waals surface area contributed by atoms with Gasteiger partial charge in [-0.1, -0.05) is 0 Å². The maximum atomic E-state index is 5.61. The van der Waals surface area contributed by atoms with Crippen LogP contribution >= 0.6 is 0 Å². The number of morpholine rings is 1. The van der Waals surface area contributed by atoms with Gasteiger partial charge in [0, 0.05) is 32.8 Å². The highest BCUT2D eigenvalue weighted by atomic mass is 16.5. The number of rotatable bonds is 6. The lowest BCUT2D eigenvalue weighted by molar-refractivity contribution is -0.0336. The Balaban J connectivity index is 2.12. The Morgan fingerprint density at radius 3 is 3.14 bits per heavy atom. The van der Waals surface area contributed by atoms with Crippen molar-refractivity contribution in [3.05, 3.63) is 0 Å². The van der Waals surface area contributed by atoms with E-state index in [1.807, 2.05) is 14.0 Å². The predicted molar refractivity (Wildman–Crippen MR) is 56.6 cm³/mol. The second kappa shape index (κ2) is 7.17. The quantitative estimate of drug-likeness (QED) is 0.612. The van der Waals surface area contributed by atoms with E-state index in [1.165, 1.54) is 0 Å². The van der Waals surface area contributed by atoms with Crippen LogP contribution in [0.15, 0.2) is 0 Å². The van der Waals surface area contributed by atoms with Crippen molar-refractivity contribution in [2.24, 2.45) is 0 Å². The zero-order valence-electron chi connectivity index (χ0n) is 9.29. The van der Waals surface area contributed by atoms with E-state index in [9.17, 15) is 0 Å². The van der Waals surface area contributed by atoms with E-state index >= 15 is 0 Å². The van der Waals surface area contributed by atoms with Crippen LogP contribution in [-0.4, -0.2) is 64.1 Å². The van der Waals surface area contributed by atoms with Gasteiger partial charge in [0.25, 0.3) is 0 Å². The topological polar surface area (TPSA) is 33.7 Å². The molecule has 14 heavy (non-hydrogen) atoms. The third-order valence-corrected chi connectivity index (χ3v) is 2.41. The van der Waals surface area contributed by atoms with Gasteiger partial charge in [0.05, 0.1) is 19.3 Å². The van der Waals surface area contributed by atoms with Gasteiger partial charge in [0.2, 0.25) is 0 Å². The third kappa shape index (κ3) is 4.37. The van der Waals surface area contributed by atoms with E-state index in [-0.39, 0.29) is 0 Å². The van der Waals surface area contributed by atoms with Crippen LogP contribution in [0.3, 0.4) is 0 Å². The normalized spacial score (nSPS) is 24.0. The predicted octanol–water partition coefficient (Wildman–Crippen LogP) is -0.0569. The van der Waals surface area contributed by atoms with Crippen LogP contribution < -0.4 is 5.32 Å². The van der Waals surface area contributed by atoms with Crippen LogP contribution in [0.5, 0.6) is 0 Å². The van der Waals surface area contributed by atoms with Crippen molar-refractivity contribution in [3.8, 4) is 0 Å². The average Bonchev–Trinajstić information content (AvgIpc) is 2.19. The van der Waals surface area contributed by atoms with Gasteiger partial charge in [-0.3, -0.25) is 4.90 Å². The van der Waals surface area contributed by atoms with Gasteiger partial charge < -0.3 is 14.8 Å². The van der Waals surface area contributed by atoms with Crippen molar-refractivity contribution in [3.63, 3.8) is 0 Å². The summed E-state index contributed by atoms with van der Waals surface area (Å²) >= 11 is 0. The fraction of sp³-hybridized carbons (Fsp3) is 1.00. The zero-order valence-corrected chi connectivity index (χ0v) is 9.29. The van der Waals surface area contributed by atoms with Crippen LogP contribution in [0.1, 0.15) is 6.92 Å². The summed E-state index contributed by atoms with van der Waals surface area (Å²) in [5, 5.41) is 3.14. The summed E-state index contributed by atoms with van der Waals surface area (Å²) in [4.78, 5) is 2.40. The number of hydrogen-bond acceptors (Lipinski definition) is 4. The summed E-state index contributed by atoms with van der Waals surface area (Å²) in [6.45, 7) is 8.54. The van der Waals surface area contributed by atoms with Crippen LogP contribution in [0.2, 0.25) is 0 Å². The maximum Gasteiger partial charge on any atom is 0.0826 e. The van der Waals surface area contributed by atoms with Crippen molar-refractivity contribution < 1.29 is 9.47 Å². The van der Waals surface area contributed by atoms with E-state index in [0.29, 0.717) is 6.10 Å². The lowest BCUT2D eigenvalue weighted by atomic mass is 10.2. The van der Waals surface area contributed by atoms with Gasteiger partial charge in [-0.05, 0) is 14.0 Å². The van der Waals surface area contributed by atoms with Crippen LogP contribution in [0.4, 0.5) is 0 Å². The first-order chi connectivity index (χ1) is 6.86. The Morgan fingerprint density at radius 2 is 2.43 bits per heavy atom. The highest BCUT2D eigenvalue weighted by Gasteiger charge is 2.18. The Morgan fingerprint density at radius 1 is 1.57 bits per heavy atom. The smallest absolute Gasteiger partial charge is 0.0826 e. The van der Waals surface area contributed by atoms with Gasteiger partial charge >= 0.3 is 0 Å². The first kappa shape index (κ1) is 11.9. The molecule has 0 aliphatic carbocycles. The van der Waals surface area contributed by atoms with E-state index in [2.05, 4.69) is 10.2 Å². The van der Waals surface area contributed by atoms with Crippen molar-refractivity contribution in [1.29, 1.82) is 0 Å². The first-order valence-corrected chi connectivity index (χ1v) is 5.43. The van der Waals surface area contributed by atoms with Gasteiger partial charge in [-0.25, -0.2) is 0 Å². The Bertz CT molecular complexity index is 142. The molecule has 1 fully saturated rings. The molecule has 0 saturated carbocycles. The second-order valence-corrected chi connectivity index (χ2v) is 3.55. The van der Waals surface area contributed by atoms with Gasteiger partial charge in [-0.15, -0.1) is 0 Å². The SMILES string of the molecule is CCOCCN1CCOC(CNC)C1. The van der Waals surface area contributed by atoms with Crippen molar-refractivity contribution >= 4 is 0 Å². The minimum Gasteiger partial charge on any atom is -0.380 e. The molecule has 1 atom stereocenters. The lowest BCUT2D eigenvalue weighted by Crippen LogP contribution is -2.47. The number of likely N-dealkylation sites (N-methyl/N-ethyl adjacent to an activating group) is 1. The minimum atomic E-state index is 0.343. The van der Waals surface area contributed by atoms with Crippen LogP contribution in [0, 0.1) is 0 Å². The molecule has 4 nitrogen and oxygen atoms in total. The molecule has 1 aliphatic rings. The number of nitrogens with zero attached hydrogens (tertiary/aromatic N) is 1. The van der Waals surface area contributed by atoms with Crippen LogP contribution in [0.25, 0.3) is 0 Å². The summed E-state index contributed by atoms with van der Waals surface area (Å²) in [7, 11) is 1.96. The summed E-state index contributed by atoms with van der Waals surface area (Å²) in [6.07, 6.45) is 0.343. The maximum absolute atomic E-state index is 5.61. The molecular formula is C10H22N2O2. The second-order valence-electron chi connectivity index (χ2n) is 3.55. The molecule has 1 heterocycles. The van der Waals surface area contributed by atoms with Crippen molar-refractivity contribution in [1.82, 2.24) is 10.2 Å². The van der Waals surface area contributed by atoms with E-state index in [4.69, 9.17) is 9.47 Å². The van der Waals surface area contributed by atoms with Gasteiger partial charge in [0.1, 0.15) is 0 Å². The molecule has 0 amide bonds. The minimum absolute atomic E-state index is 0.343. The fourth-order valence-electron chi connectivity index (χ4n) is 1.67. The Hall–Kier alpha value is -0.160. The number of nitrogens with one attached hydrogen (secondary N) is 1. The molecule has 0 aromatic carbocycles.